The summed E-state index contributed by atoms with van der Waals surface area (Å²) >= 11 is 0. The third-order valence-corrected chi connectivity index (χ3v) is 3.08. The van der Waals surface area contributed by atoms with Gasteiger partial charge in [-0.2, -0.15) is 18.4 Å². The van der Waals surface area contributed by atoms with Crippen LogP contribution in [0.3, 0.4) is 0 Å². The van der Waals surface area contributed by atoms with E-state index in [0.29, 0.717) is 17.8 Å². The summed E-state index contributed by atoms with van der Waals surface area (Å²) in [5.74, 6) is 0.280. The zero-order chi connectivity index (χ0) is 18.3. The normalized spacial score (nSPS) is 10.6. The topological polar surface area (TPSA) is 89.8 Å². The lowest BCUT2D eigenvalue weighted by Gasteiger charge is -2.10. The van der Waals surface area contributed by atoms with Gasteiger partial charge in [0.2, 0.25) is 0 Å². The van der Waals surface area contributed by atoms with Gasteiger partial charge in [-0.1, -0.05) is 0 Å². The molecule has 0 saturated carbocycles. The summed E-state index contributed by atoms with van der Waals surface area (Å²) in [5.41, 5.74) is 0.200. The number of rotatable bonds is 5. The fraction of sp³-hybridized carbons (Fsp3) is 0.188. The number of pyridine rings is 1. The Balaban J connectivity index is 1.71. The highest BCUT2D eigenvalue weighted by molar-refractivity contribution is 5.89. The van der Waals surface area contributed by atoms with Crippen molar-refractivity contribution in [3.63, 3.8) is 0 Å². The van der Waals surface area contributed by atoms with Gasteiger partial charge in [-0.25, -0.2) is 9.78 Å². The van der Waals surface area contributed by atoms with Crippen molar-refractivity contribution in [1.29, 1.82) is 5.26 Å². The number of anilines is 2. The molecule has 3 N–H and O–H groups in total. The molecule has 130 valence electrons. The van der Waals surface area contributed by atoms with Crippen LogP contribution in [0.1, 0.15) is 11.1 Å². The molecular formula is C16H14F3N5O. The van der Waals surface area contributed by atoms with Crippen molar-refractivity contribution in [2.45, 2.75) is 6.18 Å². The maximum absolute atomic E-state index is 12.4. The van der Waals surface area contributed by atoms with Gasteiger partial charge in [0.05, 0.1) is 17.2 Å². The molecule has 0 aliphatic rings. The van der Waals surface area contributed by atoms with Crippen LogP contribution in [0.15, 0.2) is 42.6 Å². The number of hydrogen-bond donors (Lipinski definition) is 3. The molecule has 0 radical (unpaired) electrons. The van der Waals surface area contributed by atoms with E-state index in [2.05, 4.69) is 20.9 Å². The summed E-state index contributed by atoms with van der Waals surface area (Å²) in [6, 6.07) is 10.0. The van der Waals surface area contributed by atoms with Crippen molar-refractivity contribution in [1.82, 2.24) is 10.3 Å². The number of nitrogens with one attached hydrogen (secondary N) is 3. The van der Waals surface area contributed by atoms with Crippen LogP contribution in [0.5, 0.6) is 0 Å². The number of alkyl halides is 3. The molecule has 0 unspecified atom stereocenters. The second kappa shape index (κ2) is 8.01. The van der Waals surface area contributed by atoms with E-state index in [1.54, 1.807) is 24.3 Å². The molecule has 0 fully saturated rings. The molecule has 0 spiro atoms. The van der Waals surface area contributed by atoms with Crippen molar-refractivity contribution in [3.05, 3.63) is 53.7 Å². The van der Waals surface area contributed by atoms with Gasteiger partial charge >= 0.3 is 12.2 Å². The summed E-state index contributed by atoms with van der Waals surface area (Å²) in [6.45, 7) is 0.532. The van der Waals surface area contributed by atoms with Gasteiger partial charge in [-0.05, 0) is 36.4 Å². The van der Waals surface area contributed by atoms with Gasteiger partial charge in [0.1, 0.15) is 5.82 Å². The predicted molar refractivity (Wildman–Crippen MR) is 85.9 cm³/mol. The Morgan fingerprint density at radius 2 is 1.84 bits per heavy atom. The summed E-state index contributed by atoms with van der Waals surface area (Å²) < 4.78 is 37.2. The molecule has 25 heavy (non-hydrogen) atoms. The maximum atomic E-state index is 12.4. The molecule has 0 bridgehead atoms. The van der Waals surface area contributed by atoms with E-state index in [0.717, 1.165) is 12.3 Å². The highest BCUT2D eigenvalue weighted by Crippen LogP contribution is 2.28. The van der Waals surface area contributed by atoms with E-state index in [1.165, 1.54) is 6.07 Å². The summed E-state index contributed by atoms with van der Waals surface area (Å²) in [6.07, 6.45) is -3.68. The molecule has 0 aliphatic carbocycles. The van der Waals surface area contributed by atoms with Gasteiger partial charge in [0.15, 0.2) is 0 Å². The standard InChI is InChI=1S/C16H14F3N5O/c17-16(18,19)12-3-6-14(23-10-12)21-7-8-22-15(25)24-13-4-1-11(9-20)2-5-13/h1-6,10H,7-8H2,(H,21,23)(H2,22,24,25). The van der Waals surface area contributed by atoms with Crippen molar-refractivity contribution < 1.29 is 18.0 Å². The number of carbonyl (C=O) groups is 1. The molecule has 2 rings (SSSR count). The first-order valence-electron chi connectivity index (χ1n) is 7.20. The Bertz CT molecular complexity index is 751. The van der Waals surface area contributed by atoms with Crippen LogP contribution >= 0.6 is 0 Å². The van der Waals surface area contributed by atoms with E-state index in [-0.39, 0.29) is 12.4 Å². The van der Waals surface area contributed by atoms with E-state index in [1.807, 2.05) is 6.07 Å². The minimum absolute atomic E-state index is 0.241. The minimum Gasteiger partial charge on any atom is -0.368 e. The Morgan fingerprint density at radius 1 is 1.12 bits per heavy atom. The van der Waals surface area contributed by atoms with Crippen LogP contribution < -0.4 is 16.0 Å². The fourth-order valence-corrected chi connectivity index (χ4v) is 1.84. The molecule has 0 atom stereocenters. The van der Waals surface area contributed by atoms with Gasteiger partial charge in [0, 0.05) is 25.0 Å². The molecule has 2 amide bonds. The number of aromatic nitrogens is 1. The second-order valence-electron chi connectivity index (χ2n) is 4.93. The van der Waals surface area contributed by atoms with E-state index in [9.17, 15) is 18.0 Å². The van der Waals surface area contributed by atoms with Gasteiger partial charge in [-0.3, -0.25) is 0 Å². The van der Waals surface area contributed by atoms with E-state index < -0.39 is 17.8 Å². The molecule has 1 aromatic carbocycles. The molecule has 0 saturated heterocycles. The number of benzene rings is 1. The molecule has 2 aromatic rings. The zero-order valence-electron chi connectivity index (χ0n) is 12.9. The second-order valence-corrected chi connectivity index (χ2v) is 4.93. The van der Waals surface area contributed by atoms with Crippen molar-refractivity contribution in [2.75, 3.05) is 23.7 Å². The molecule has 6 nitrogen and oxygen atoms in total. The molecule has 0 aliphatic heterocycles. The molecule has 1 aromatic heterocycles. The number of nitrogens with zero attached hydrogens (tertiary/aromatic N) is 2. The largest absolute Gasteiger partial charge is 0.417 e. The number of hydrogen-bond acceptors (Lipinski definition) is 4. The highest BCUT2D eigenvalue weighted by Gasteiger charge is 2.30. The Kier molecular flexibility index (Phi) is 5.79. The smallest absolute Gasteiger partial charge is 0.368 e. The van der Waals surface area contributed by atoms with Crippen LogP contribution in [0.2, 0.25) is 0 Å². The predicted octanol–water partition coefficient (Wildman–Crippen LogP) is 3.21. The summed E-state index contributed by atoms with van der Waals surface area (Å²) in [5, 5.41) is 16.7. The molecule has 9 heteroatoms. The summed E-state index contributed by atoms with van der Waals surface area (Å²) in [7, 11) is 0. The number of carbonyl (C=O) groups excluding carboxylic acids is 1. The molecule has 1 heterocycles. The first-order chi connectivity index (χ1) is 11.9. The average molecular weight is 349 g/mol. The first kappa shape index (κ1) is 18.1. The Labute approximate surface area is 141 Å². The maximum Gasteiger partial charge on any atom is 0.417 e. The quantitative estimate of drug-likeness (QED) is 0.723. The van der Waals surface area contributed by atoms with Crippen LogP contribution in [0, 0.1) is 11.3 Å². The average Bonchev–Trinajstić information content (AvgIpc) is 2.59. The SMILES string of the molecule is N#Cc1ccc(NC(=O)NCCNc2ccc(C(F)(F)F)cn2)cc1. The monoisotopic (exact) mass is 349 g/mol. The summed E-state index contributed by atoms with van der Waals surface area (Å²) in [4.78, 5) is 15.3. The number of halogens is 3. The fourth-order valence-electron chi connectivity index (χ4n) is 1.84. The lowest BCUT2D eigenvalue weighted by Crippen LogP contribution is -2.32. The minimum atomic E-state index is -4.42. The Hall–Kier alpha value is -3.28. The van der Waals surface area contributed by atoms with Gasteiger partial charge in [-0.15, -0.1) is 0 Å². The van der Waals surface area contributed by atoms with Gasteiger partial charge < -0.3 is 16.0 Å². The highest BCUT2D eigenvalue weighted by atomic mass is 19.4. The van der Waals surface area contributed by atoms with Crippen LogP contribution in [0.25, 0.3) is 0 Å². The van der Waals surface area contributed by atoms with Crippen molar-refractivity contribution >= 4 is 17.5 Å². The Morgan fingerprint density at radius 3 is 2.40 bits per heavy atom. The van der Waals surface area contributed by atoms with Crippen LogP contribution in [-0.4, -0.2) is 24.1 Å². The number of amides is 2. The lowest BCUT2D eigenvalue weighted by molar-refractivity contribution is -0.137. The van der Waals surface area contributed by atoms with Crippen molar-refractivity contribution in [2.24, 2.45) is 0 Å². The number of nitriles is 1. The van der Waals surface area contributed by atoms with Crippen LogP contribution in [0.4, 0.5) is 29.5 Å². The van der Waals surface area contributed by atoms with Gasteiger partial charge in [0.25, 0.3) is 0 Å². The van der Waals surface area contributed by atoms with Crippen molar-refractivity contribution in [3.8, 4) is 6.07 Å². The zero-order valence-corrected chi connectivity index (χ0v) is 12.9. The van der Waals surface area contributed by atoms with E-state index >= 15 is 0 Å². The third kappa shape index (κ3) is 5.69. The number of urea groups is 1. The first-order valence-corrected chi connectivity index (χ1v) is 7.20. The van der Waals surface area contributed by atoms with Crippen LogP contribution in [-0.2, 0) is 6.18 Å². The molecular weight excluding hydrogens is 335 g/mol. The third-order valence-electron chi connectivity index (χ3n) is 3.08. The van der Waals surface area contributed by atoms with E-state index in [4.69, 9.17) is 5.26 Å². The lowest BCUT2D eigenvalue weighted by atomic mass is 10.2.